The predicted octanol–water partition coefficient (Wildman–Crippen LogP) is 5.37. The van der Waals surface area contributed by atoms with Crippen LogP contribution in [0.4, 0.5) is 16.0 Å². The number of anilines is 2. The number of nitrogens with one attached hydrogen (secondary N) is 1. The molecule has 0 amide bonds. The van der Waals surface area contributed by atoms with Crippen LogP contribution >= 0.6 is 0 Å². The molecule has 0 radical (unpaired) electrons. The first-order valence-corrected chi connectivity index (χ1v) is 10.8. The van der Waals surface area contributed by atoms with Gasteiger partial charge >= 0.3 is 0 Å². The van der Waals surface area contributed by atoms with Crippen LogP contribution < -0.4 is 10.1 Å². The lowest BCUT2D eigenvalue weighted by Crippen LogP contribution is -2.05. The Bertz CT molecular complexity index is 1310. The van der Waals surface area contributed by atoms with Gasteiger partial charge in [-0.1, -0.05) is 17.7 Å². The van der Waals surface area contributed by atoms with E-state index in [1.165, 1.54) is 12.1 Å². The van der Waals surface area contributed by atoms with Gasteiger partial charge in [-0.05, 0) is 67.6 Å². The van der Waals surface area contributed by atoms with E-state index in [1.807, 2.05) is 25.1 Å². The normalized spacial score (nSPS) is 11.3. The molecule has 8 heteroatoms. The lowest BCUT2D eigenvalue weighted by molar-refractivity contribution is 0.415. The lowest BCUT2D eigenvalue weighted by Gasteiger charge is -2.07. The number of aromatic nitrogens is 1. The average molecular weight is 438 g/mol. The fourth-order valence-electron chi connectivity index (χ4n) is 3.00. The highest BCUT2D eigenvalue weighted by Crippen LogP contribution is 2.34. The predicted molar refractivity (Wildman–Crippen MR) is 115 cm³/mol. The number of aryl methyl sites for hydroxylation is 1. The van der Waals surface area contributed by atoms with Crippen LogP contribution in [0.2, 0.25) is 0 Å². The Hall–Kier alpha value is -3.65. The number of methoxy groups -OCH3 is 1. The number of hydrogen-bond acceptors (Lipinski definition) is 6. The number of rotatable bonds is 6. The van der Waals surface area contributed by atoms with E-state index in [0.29, 0.717) is 17.0 Å². The van der Waals surface area contributed by atoms with E-state index >= 15 is 0 Å². The van der Waals surface area contributed by atoms with Crippen LogP contribution in [-0.2, 0) is 9.84 Å². The van der Waals surface area contributed by atoms with Crippen LogP contribution in [0.5, 0.6) is 5.75 Å². The number of benzene rings is 3. The molecule has 158 valence electrons. The Morgan fingerprint density at radius 2 is 1.71 bits per heavy atom. The molecule has 1 aromatic heterocycles. The summed E-state index contributed by atoms with van der Waals surface area (Å²) in [6.07, 6.45) is 0. The van der Waals surface area contributed by atoms with Gasteiger partial charge in [0.25, 0.3) is 0 Å². The van der Waals surface area contributed by atoms with Gasteiger partial charge in [0.05, 0.1) is 12.0 Å². The molecule has 0 unspecified atom stereocenters. The summed E-state index contributed by atoms with van der Waals surface area (Å²) in [6, 6.07) is 18.9. The fourth-order valence-corrected chi connectivity index (χ4v) is 4.26. The van der Waals surface area contributed by atoms with E-state index in [4.69, 9.17) is 9.15 Å². The molecular weight excluding hydrogens is 419 g/mol. The third kappa shape index (κ3) is 4.29. The summed E-state index contributed by atoms with van der Waals surface area (Å²) in [5, 5.41) is 2.69. The maximum Gasteiger partial charge on any atom is 0.238 e. The first-order chi connectivity index (χ1) is 14.9. The Balaban J connectivity index is 1.82. The Morgan fingerprint density at radius 3 is 2.35 bits per heavy atom. The molecule has 0 aliphatic carbocycles. The van der Waals surface area contributed by atoms with Gasteiger partial charge in [0.1, 0.15) is 11.6 Å². The molecule has 31 heavy (non-hydrogen) atoms. The number of halogens is 1. The fraction of sp³-hybridized carbons (Fsp3) is 0.0870. The summed E-state index contributed by atoms with van der Waals surface area (Å²) in [6.45, 7) is 1.92. The number of hydrogen-bond donors (Lipinski definition) is 1. The van der Waals surface area contributed by atoms with Crippen molar-refractivity contribution in [3.8, 4) is 17.2 Å². The number of ether oxygens (including phenoxy) is 1. The monoisotopic (exact) mass is 438 g/mol. The van der Waals surface area contributed by atoms with E-state index in [9.17, 15) is 12.8 Å². The molecule has 0 bridgehead atoms. The summed E-state index contributed by atoms with van der Waals surface area (Å²) in [7, 11) is -2.52. The smallest absolute Gasteiger partial charge is 0.238 e. The number of sulfone groups is 1. The molecule has 1 N–H and O–H groups in total. The third-order valence-electron chi connectivity index (χ3n) is 4.59. The van der Waals surface area contributed by atoms with Crippen molar-refractivity contribution in [3.05, 3.63) is 84.2 Å². The molecule has 0 spiro atoms. The second-order valence-electron chi connectivity index (χ2n) is 6.83. The Labute approximate surface area is 179 Å². The van der Waals surface area contributed by atoms with Gasteiger partial charge in [-0.2, -0.15) is 4.98 Å². The van der Waals surface area contributed by atoms with Crippen molar-refractivity contribution < 1.29 is 22.0 Å². The van der Waals surface area contributed by atoms with Gasteiger partial charge in [-0.25, -0.2) is 12.8 Å². The zero-order valence-corrected chi connectivity index (χ0v) is 17.6. The SMILES string of the molecule is COc1ccc(Nc2oc(-c3cccc(C)c3)nc2S(=O)(=O)c2ccc(F)cc2)cc1. The van der Waals surface area contributed by atoms with Crippen molar-refractivity contribution in [2.45, 2.75) is 16.8 Å². The second kappa shape index (κ2) is 8.23. The molecule has 3 aromatic carbocycles. The van der Waals surface area contributed by atoms with Crippen molar-refractivity contribution in [1.82, 2.24) is 4.98 Å². The zero-order chi connectivity index (χ0) is 22.0. The van der Waals surface area contributed by atoms with Crippen LogP contribution in [0.25, 0.3) is 11.5 Å². The Kier molecular flexibility index (Phi) is 5.48. The maximum absolute atomic E-state index is 13.3. The number of nitrogens with zero attached hydrogens (tertiary/aromatic N) is 1. The topological polar surface area (TPSA) is 81.4 Å². The van der Waals surface area contributed by atoms with Crippen molar-refractivity contribution in [1.29, 1.82) is 0 Å². The molecular formula is C23H19FN2O4S. The highest BCUT2D eigenvalue weighted by molar-refractivity contribution is 7.91. The molecule has 1 heterocycles. The standard InChI is InChI=1S/C23H19FN2O4S/c1-15-4-3-5-16(14-15)21-26-23(31(27,28)20-12-6-17(24)7-13-20)22(30-21)25-18-8-10-19(29-2)11-9-18/h3-14,25H,1-2H3. The highest BCUT2D eigenvalue weighted by Gasteiger charge is 2.29. The van der Waals surface area contributed by atoms with E-state index in [0.717, 1.165) is 17.7 Å². The highest BCUT2D eigenvalue weighted by atomic mass is 32.2. The van der Waals surface area contributed by atoms with Crippen molar-refractivity contribution in [2.75, 3.05) is 12.4 Å². The molecule has 0 saturated carbocycles. The Morgan fingerprint density at radius 1 is 1.00 bits per heavy atom. The number of oxazole rings is 1. The first-order valence-electron chi connectivity index (χ1n) is 9.36. The summed E-state index contributed by atoms with van der Waals surface area (Å²) < 4.78 is 50.8. The lowest BCUT2D eigenvalue weighted by atomic mass is 10.1. The van der Waals surface area contributed by atoms with E-state index < -0.39 is 15.7 Å². The molecule has 0 aliphatic rings. The molecule has 4 aromatic rings. The molecule has 0 saturated heterocycles. The van der Waals surface area contributed by atoms with Gasteiger partial charge < -0.3 is 14.5 Å². The molecule has 6 nitrogen and oxygen atoms in total. The van der Waals surface area contributed by atoms with E-state index in [-0.39, 0.29) is 21.7 Å². The molecule has 0 atom stereocenters. The largest absolute Gasteiger partial charge is 0.497 e. The van der Waals surface area contributed by atoms with Crippen molar-refractivity contribution in [3.63, 3.8) is 0 Å². The van der Waals surface area contributed by atoms with Crippen LogP contribution in [0, 0.1) is 12.7 Å². The summed E-state index contributed by atoms with van der Waals surface area (Å²) >= 11 is 0. The summed E-state index contributed by atoms with van der Waals surface area (Å²) in [5.74, 6) is 0.241. The molecule has 4 rings (SSSR count). The summed E-state index contributed by atoms with van der Waals surface area (Å²) in [5.41, 5.74) is 2.20. The minimum Gasteiger partial charge on any atom is -0.497 e. The summed E-state index contributed by atoms with van der Waals surface area (Å²) in [4.78, 5) is 4.20. The maximum atomic E-state index is 13.3. The van der Waals surface area contributed by atoms with Crippen molar-refractivity contribution >= 4 is 21.4 Å². The van der Waals surface area contributed by atoms with Gasteiger partial charge in [0, 0.05) is 11.3 Å². The van der Waals surface area contributed by atoms with Gasteiger partial charge in [0.15, 0.2) is 0 Å². The van der Waals surface area contributed by atoms with Crippen LogP contribution in [0.3, 0.4) is 0 Å². The molecule has 0 fully saturated rings. The van der Waals surface area contributed by atoms with Gasteiger partial charge in [-0.3, -0.25) is 0 Å². The second-order valence-corrected chi connectivity index (χ2v) is 8.70. The minimum absolute atomic E-state index is 0.0361. The quantitative estimate of drug-likeness (QED) is 0.408. The minimum atomic E-state index is -4.08. The molecule has 0 aliphatic heterocycles. The zero-order valence-electron chi connectivity index (χ0n) is 16.8. The van der Waals surface area contributed by atoms with Gasteiger partial charge in [0.2, 0.25) is 26.6 Å². The first kappa shape index (κ1) is 20.6. The third-order valence-corrected chi connectivity index (χ3v) is 6.27. The van der Waals surface area contributed by atoms with Crippen LogP contribution in [0.1, 0.15) is 5.56 Å². The van der Waals surface area contributed by atoms with E-state index in [1.54, 1.807) is 37.4 Å². The van der Waals surface area contributed by atoms with Crippen LogP contribution in [-0.4, -0.2) is 20.5 Å². The van der Waals surface area contributed by atoms with E-state index in [2.05, 4.69) is 10.3 Å². The van der Waals surface area contributed by atoms with Crippen LogP contribution in [0.15, 0.2) is 87.1 Å². The van der Waals surface area contributed by atoms with Gasteiger partial charge in [-0.15, -0.1) is 0 Å². The van der Waals surface area contributed by atoms with Crippen molar-refractivity contribution in [2.24, 2.45) is 0 Å². The average Bonchev–Trinajstić information content (AvgIpc) is 3.19.